The highest BCUT2D eigenvalue weighted by Gasteiger charge is 2.32. The van der Waals surface area contributed by atoms with Crippen LogP contribution in [0.4, 0.5) is 0 Å². The molecule has 0 aromatic heterocycles. The number of piperidine rings is 1. The van der Waals surface area contributed by atoms with Gasteiger partial charge in [-0.05, 0) is 38.1 Å². The van der Waals surface area contributed by atoms with E-state index >= 15 is 0 Å². The molecule has 2 heterocycles. The van der Waals surface area contributed by atoms with E-state index < -0.39 is 5.97 Å². The first-order valence-electron chi connectivity index (χ1n) is 7.30. The smallest absolute Gasteiger partial charge is 0.303 e. The molecular formula is C14H24N2O3. The average molecular weight is 268 g/mol. The maximum Gasteiger partial charge on any atom is 0.303 e. The summed E-state index contributed by atoms with van der Waals surface area (Å²) >= 11 is 0. The zero-order valence-corrected chi connectivity index (χ0v) is 11.6. The van der Waals surface area contributed by atoms with Crippen molar-refractivity contribution in [2.75, 3.05) is 13.1 Å². The maximum atomic E-state index is 11.9. The van der Waals surface area contributed by atoms with Crippen LogP contribution in [0.15, 0.2) is 0 Å². The van der Waals surface area contributed by atoms with E-state index in [-0.39, 0.29) is 24.3 Å². The summed E-state index contributed by atoms with van der Waals surface area (Å²) in [5, 5.41) is 11.8. The number of nitrogens with one attached hydrogen (secondary N) is 1. The van der Waals surface area contributed by atoms with Crippen LogP contribution in [0.25, 0.3) is 0 Å². The van der Waals surface area contributed by atoms with E-state index in [1.807, 2.05) is 6.92 Å². The normalized spacial score (nSPS) is 28.7. The molecule has 3 unspecified atom stereocenters. The van der Waals surface area contributed by atoms with Gasteiger partial charge in [0.25, 0.3) is 0 Å². The summed E-state index contributed by atoms with van der Waals surface area (Å²) in [7, 11) is 0. The number of carboxylic acid groups (broad SMARTS) is 1. The largest absolute Gasteiger partial charge is 0.481 e. The molecule has 2 N–H and O–H groups in total. The summed E-state index contributed by atoms with van der Waals surface area (Å²) < 4.78 is 0. The molecule has 5 nitrogen and oxygen atoms in total. The molecule has 2 aliphatic heterocycles. The second-order valence-electron chi connectivity index (χ2n) is 6.03. The van der Waals surface area contributed by atoms with Crippen molar-refractivity contribution in [3.05, 3.63) is 0 Å². The van der Waals surface area contributed by atoms with E-state index in [1.54, 1.807) is 0 Å². The first-order valence-corrected chi connectivity index (χ1v) is 7.30. The van der Waals surface area contributed by atoms with E-state index in [0.717, 1.165) is 19.4 Å². The molecule has 2 saturated heterocycles. The minimum absolute atomic E-state index is 0.00481. The highest BCUT2D eigenvalue weighted by atomic mass is 16.4. The van der Waals surface area contributed by atoms with Gasteiger partial charge in [-0.25, -0.2) is 0 Å². The van der Waals surface area contributed by atoms with Crippen LogP contribution in [0, 0.1) is 5.92 Å². The molecule has 19 heavy (non-hydrogen) atoms. The molecule has 2 fully saturated rings. The third-order valence-corrected chi connectivity index (χ3v) is 4.24. The van der Waals surface area contributed by atoms with E-state index in [9.17, 15) is 9.59 Å². The standard InChI is InChI=1S/C14H24N2O3/c1-10(8-14(18)19)7-13(17)15-11-4-6-16-5-2-3-12(16)9-11/h10-12H,2-9H2,1H3,(H,15,17)(H,18,19). The lowest BCUT2D eigenvalue weighted by atomic mass is 9.96. The summed E-state index contributed by atoms with van der Waals surface area (Å²) in [5.74, 6) is -0.922. The van der Waals surface area contributed by atoms with E-state index in [0.29, 0.717) is 12.5 Å². The van der Waals surface area contributed by atoms with E-state index in [1.165, 1.54) is 19.4 Å². The molecule has 0 spiro atoms. The van der Waals surface area contributed by atoms with Crippen molar-refractivity contribution in [3.63, 3.8) is 0 Å². The van der Waals surface area contributed by atoms with Gasteiger partial charge in [0.2, 0.25) is 5.91 Å². The lowest BCUT2D eigenvalue weighted by Crippen LogP contribution is -2.47. The Kier molecular flexibility index (Phi) is 4.80. The number of carbonyl (C=O) groups is 2. The first-order chi connectivity index (χ1) is 9.04. The van der Waals surface area contributed by atoms with Gasteiger partial charge < -0.3 is 15.3 Å². The van der Waals surface area contributed by atoms with Crippen LogP contribution >= 0.6 is 0 Å². The highest BCUT2D eigenvalue weighted by Crippen LogP contribution is 2.26. The van der Waals surface area contributed by atoms with Crippen LogP contribution in [0.5, 0.6) is 0 Å². The Hall–Kier alpha value is -1.10. The fraction of sp³-hybridized carbons (Fsp3) is 0.857. The van der Waals surface area contributed by atoms with Gasteiger partial charge >= 0.3 is 5.97 Å². The van der Waals surface area contributed by atoms with Crippen molar-refractivity contribution in [3.8, 4) is 0 Å². The monoisotopic (exact) mass is 268 g/mol. The molecule has 5 heteroatoms. The van der Waals surface area contributed by atoms with Crippen molar-refractivity contribution in [1.29, 1.82) is 0 Å². The van der Waals surface area contributed by atoms with Gasteiger partial charge in [0.05, 0.1) is 0 Å². The SMILES string of the molecule is CC(CC(=O)O)CC(=O)NC1CCN2CCCC2C1. The Morgan fingerprint density at radius 2 is 2.11 bits per heavy atom. The summed E-state index contributed by atoms with van der Waals surface area (Å²) in [6, 6.07) is 0.930. The molecule has 0 aromatic rings. The Labute approximate surface area is 114 Å². The second kappa shape index (κ2) is 6.37. The van der Waals surface area contributed by atoms with E-state index in [2.05, 4.69) is 10.2 Å². The lowest BCUT2D eigenvalue weighted by Gasteiger charge is -2.35. The molecule has 0 bridgehead atoms. The third-order valence-electron chi connectivity index (χ3n) is 4.24. The van der Waals surface area contributed by atoms with E-state index in [4.69, 9.17) is 5.11 Å². The van der Waals surface area contributed by atoms with Crippen molar-refractivity contribution in [2.45, 2.75) is 57.5 Å². The topological polar surface area (TPSA) is 69.6 Å². The van der Waals surface area contributed by atoms with Crippen LogP contribution < -0.4 is 5.32 Å². The Bertz CT molecular complexity index is 346. The van der Waals surface area contributed by atoms with Crippen LogP contribution in [-0.4, -0.2) is 47.1 Å². The zero-order valence-electron chi connectivity index (χ0n) is 11.6. The summed E-state index contributed by atoms with van der Waals surface area (Å²) in [5.41, 5.74) is 0. The minimum Gasteiger partial charge on any atom is -0.481 e. The summed E-state index contributed by atoms with van der Waals surface area (Å²) in [6.45, 7) is 4.11. The number of aliphatic carboxylic acids is 1. The van der Waals surface area contributed by atoms with Crippen LogP contribution in [0.3, 0.4) is 0 Å². The van der Waals surface area contributed by atoms with Gasteiger partial charge in [0, 0.05) is 31.5 Å². The van der Waals surface area contributed by atoms with Gasteiger partial charge in [0.1, 0.15) is 0 Å². The lowest BCUT2D eigenvalue weighted by molar-refractivity contribution is -0.138. The Morgan fingerprint density at radius 1 is 1.32 bits per heavy atom. The van der Waals surface area contributed by atoms with Gasteiger partial charge in [-0.15, -0.1) is 0 Å². The number of hydrogen-bond donors (Lipinski definition) is 2. The van der Waals surface area contributed by atoms with Crippen LogP contribution in [0.2, 0.25) is 0 Å². The van der Waals surface area contributed by atoms with Gasteiger partial charge in [-0.1, -0.05) is 6.92 Å². The molecule has 1 amide bonds. The Morgan fingerprint density at radius 3 is 2.84 bits per heavy atom. The van der Waals surface area contributed by atoms with Gasteiger partial charge in [-0.3, -0.25) is 9.59 Å². The molecular weight excluding hydrogens is 244 g/mol. The third kappa shape index (κ3) is 4.20. The molecule has 0 aromatic carbocycles. The second-order valence-corrected chi connectivity index (χ2v) is 6.03. The van der Waals surface area contributed by atoms with Crippen molar-refractivity contribution < 1.29 is 14.7 Å². The quantitative estimate of drug-likeness (QED) is 0.787. The summed E-state index contributed by atoms with van der Waals surface area (Å²) in [6.07, 6.45) is 4.99. The molecule has 2 rings (SSSR count). The molecule has 0 saturated carbocycles. The molecule has 3 atom stereocenters. The van der Waals surface area contributed by atoms with Crippen molar-refractivity contribution in [1.82, 2.24) is 10.2 Å². The highest BCUT2D eigenvalue weighted by molar-refractivity contribution is 5.77. The predicted molar refractivity (Wildman–Crippen MR) is 71.8 cm³/mol. The van der Waals surface area contributed by atoms with Crippen molar-refractivity contribution in [2.24, 2.45) is 5.92 Å². The van der Waals surface area contributed by atoms with Gasteiger partial charge in [-0.2, -0.15) is 0 Å². The number of hydrogen-bond acceptors (Lipinski definition) is 3. The number of carboxylic acids is 1. The van der Waals surface area contributed by atoms with Crippen LogP contribution in [0.1, 0.15) is 45.4 Å². The molecule has 0 aliphatic carbocycles. The van der Waals surface area contributed by atoms with Crippen molar-refractivity contribution >= 4 is 11.9 Å². The molecule has 2 aliphatic rings. The number of rotatable bonds is 5. The number of carbonyl (C=O) groups excluding carboxylic acids is 1. The number of fused-ring (bicyclic) bond motifs is 1. The van der Waals surface area contributed by atoms with Crippen LogP contribution in [-0.2, 0) is 9.59 Å². The predicted octanol–water partition coefficient (Wildman–Crippen LogP) is 1.23. The molecule has 108 valence electrons. The first kappa shape index (κ1) is 14.3. The Balaban J connectivity index is 1.72. The van der Waals surface area contributed by atoms with Gasteiger partial charge in [0.15, 0.2) is 0 Å². The fourth-order valence-electron chi connectivity index (χ4n) is 3.33. The fourth-order valence-corrected chi connectivity index (χ4v) is 3.33. The average Bonchev–Trinajstić information content (AvgIpc) is 2.74. The maximum absolute atomic E-state index is 11.9. The number of amides is 1. The zero-order chi connectivity index (χ0) is 13.8. The summed E-state index contributed by atoms with van der Waals surface area (Å²) in [4.78, 5) is 25.0. The minimum atomic E-state index is -0.834. The molecule has 0 radical (unpaired) electrons. The number of nitrogens with zero attached hydrogens (tertiary/aromatic N) is 1.